The number of carbonyl (C=O) groups is 1. The SMILES string of the molecule is O=C(Oc1ccc2ccccc2c1)C1CCNCC1. The van der Waals surface area contributed by atoms with Crippen LogP contribution in [-0.2, 0) is 4.79 Å². The van der Waals surface area contributed by atoms with Crippen LogP contribution in [0.1, 0.15) is 12.8 Å². The lowest BCUT2D eigenvalue weighted by molar-refractivity contribution is -0.139. The van der Waals surface area contributed by atoms with E-state index in [2.05, 4.69) is 5.32 Å². The second-order valence-corrected chi connectivity index (χ2v) is 4.95. The molecule has 0 unspecified atom stereocenters. The van der Waals surface area contributed by atoms with Gasteiger partial charge in [0.25, 0.3) is 0 Å². The molecule has 0 bridgehead atoms. The van der Waals surface area contributed by atoms with Crippen molar-refractivity contribution < 1.29 is 9.53 Å². The fourth-order valence-electron chi connectivity index (χ4n) is 2.49. The fourth-order valence-corrected chi connectivity index (χ4v) is 2.49. The van der Waals surface area contributed by atoms with E-state index in [1.165, 1.54) is 0 Å². The van der Waals surface area contributed by atoms with Crippen molar-refractivity contribution >= 4 is 16.7 Å². The third-order valence-corrected chi connectivity index (χ3v) is 3.61. The van der Waals surface area contributed by atoms with E-state index in [0.29, 0.717) is 5.75 Å². The quantitative estimate of drug-likeness (QED) is 0.662. The van der Waals surface area contributed by atoms with E-state index in [0.717, 1.165) is 36.7 Å². The lowest BCUT2D eigenvalue weighted by Crippen LogP contribution is -2.33. The Balaban J connectivity index is 1.75. The fraction of sp³-hybridized carbons (Fsp3) is 0.312. The highest BCUT2D eigenvalue weighted by Crippen LogP contribution is 2.22. The molecule has 3 rings (SSSR count). The van der Waals surface area contributed by atoms with Crippen LogP contribution in [0.3, 0.4) is 0 Å². The summed E-state index contributed by atoms with van der Waals surface area (Å²) in [6.07, 6.45) is 1.73. The van der Waals surface area contributed by atoms with Crippen molar-refractivity contribution in [2.24, 2.45) is 5.92 Å². The first kappa shape index (κ1) is 12.2. The first-order chi connectivity index (χ1) is 9.33. The molecular weight excluding hydrogens is 238 g/mol. The molecule has 3 heteroatoms. The van der Waals surface area contributed by atoms with Crippen molar-refractivity contribution in [3.05, 3.63) is 42.5 Å². The van der Waals surface area contributed by atoms with E-state index in [-0.39, 0.29) is 11.9 Å². The number of carbonyl (C=O) groups excluding carboxylic acids is 1. The zero-order valence-corrected chi connectivity index (χ0v) is 10.8. The minimum Gasteiger partial charge on any atom is -0.426 e. The van der Waals surface area contributed by atoms with Gasteiger partial charge in [0.05, 0.1) is 5.92 Å². The molecule has 19 heavy (non-hydrogen) atoms. The first-order valence-corrected chi connectivity index (χ1v) is 6.74. The van der Waals surface area contributed by atoms with Crippen LogP contribution in [0, 0.1) is 5.92 Å². The number of rotatable bonds is 2. The zero-order chi connectivity index (χ0) is 13.1. The molecule has 1 saturated heterocycles. The van der Waals surface area contributed by atoms with Gasteiger partial charge in [-0.1, -0.05) is 30.3 Å². The molecular formula is C16H17NO2. The molecule has 0 amide bonds. The van der Waals surface area contributed by atoms with Gasteiger partial charge in [-0.25, -0.2) is 0 Å². The number of nitrogens with one attached hydrogen (secondary N) is 1. The average Bonchev–Trinajstić information content (AvgIpc) is 2.48. The summed E-state index contributed by atoms with van der Waals surface area (Å²) >= 11 is 0. The highest BCUT2D eigenvalue weighted by atomic mass is 16.5. The van der Waals surface area contributed by atoms with Crippen molar-refractivity contribution in [2.45, 2.75) is 12.8 Å². The van der Waals surface area contributed by atoms with Crippen LogP contribution in [-0.4, -0.2) is 19.1 Å². The predicted molar refractivity (Wildman–Crippen MR) is 75.2 cm³/mol. The Bertz CT molecular complexity index is 588. The third-order valence-electron chi connectivity index (χ3n) is 3.61. The van der Waals surface area contributed by atoms with E-state index in [9.17, 15) is 4.79 Å². The number of hydrogen-bond acceptors (Lipinski definition) is 3. The first-order valence-electron chi connectivity index (χ1n) is 6.74. The van der Waals surface area contributed by atoms with Gasteiger partial charge in [0.15, 0.2) is 0 Å². The summed E-state index contributed by atoms with van der Waals surface area (Å²) in [6.45, 7) is 1.80. The topological polar surface area (TPSA) is 38.3 Å². The number of ether oxygens (including phenoxy) is 1. The molecule has 2 aromatic carbocycles. The highest BCUT2D eigenvalue weighted by molar-refractivity contribution is 5.85. The van der Waals surface area contributed by atoms with Crippen LogP contribution < -0.4 is 10.1 Å². The second-order valence-electron chi connectivity index (χ2n) is 4.95. The maximum absolute atomic E-state index is 12.1. The van der Waals surface area contributed by atoms with Gasteiger partial charge in [-0.3, -0.25) is 4.79 Å². The van der Waals surface area contributed by atoms with Gasteiger partial charge in [0.2, 0.25) is 0 Å². The van der Waals surface area contributed by atoms with Crippen LogP contribution in [0.25, 0.3) is 10.8 Å². The predicted octanol–water partition coefficient (Wildman–Crippen LogP) is 2.74. The Hall–Kier alpha value is -1.87. The van der Waals surface area contributed by atoms with Gasteiger partial charge >= 0.3 is 5.97 Å². The molecule has 0 radical (unpaired) electrons. The van der Waals surface area contributed by atoms with Gasteiger partial charge in [-0.2, -0.15) is 0 Å². The van der Waals surface area contributed by atoms with Gasteiger partial charge < -0.3 is 10.1 Å². The second kappa shape index (κ2) is 5.41. The third kappa shape index (κ3) is 2.76. The van der Waals surface area contributed by atoms with Crippen molar-refractivity contribution in [2.75, 3.05) is 13.1 Å². The summed E-state index contributed by atoms with van der Waals surface area (Å²) in [5, 5.41) is 5.50. The van der Waals surface area contributed by atoms with Crippen LogP contribution in [0.2, 0.25) is 0 Å². The molecule has 1 aliphatic heterocycles. The monoisotopic (exact) mass is 255 g/mol. The molecule has 0 aromatic heterocycles. The number of piperidine rings is 1. The van der Waals surface area contributed by atoms with Gasteiger partial charge in [0, 0.05) is 0 Å². The number of hydrogen-bond donors (Lipinski definition) is 1. The molecule has 0 spiro atoms. The van der Waals surface area contributed by atoms with Crippen molar-refractivity contribution in [1.82, 2.24) is 5.32 Å². The van der Waals surface area contributed by atoms with Crippen LogP contribution >= 0.6 is 0 Å². The van der Waals surface area contributed by atoms with Crippen molar-refractivity contribution in [1.29, 1.82) is 0 Å². The van der Waals surface area contributed by atoms with E-state index in [1.54, 1.807) is 0 Å². The maximum atomic E-state index is 12.1. The Morgan fingerprint density at radius 3 is 2.58 bits per heavy atom. The number of benzene rings is 2. The summed E-state index contributed by atoms with van der Waals surface area (Å²) in [4.78, 5) is 12.1. The molecule has 0 saturated carbocycles. The standard InChI is InChI=1S/C16H17NO2/c18-16(13-7-9-17-10-8-13)19-15-6-5-12-3-1-2-4-14(12)11-15/h1-6,11,13,17H,7-10H2. The Kier molecular flexibility index (Phi) is 3.47. The summed E-state index contributed by atoms with van der Waals surface area (Å²) in [7, 11) is 0. The lowest BCUT2D eigenvalue weighted by atomic mass is 9.98. The van der Waals surface area contributed by atoms with Crippen LogP contribution in [0.5, 0.6) is 5.75 Å². The minimum absolute atomic E-state index is 0.0349. The minimum atomic E-state index is -0.100. The number of esters is 1. The van der Waals surface area contributed by atoms with Crippen molar-refractivity contribution in [3.63, 3.8) is 0 Å². The summed E-state index contributed by atoms with van der Waals surface area (Å²) in [5.41, 5.74) is 0. The van der Waals surface area contributed by atoms with Crippen molar-refractivity contribution in [3.8, 4) is 5.75 Å². The van der Waals surface area contributed by atoms with E-state index < -0.39 is 0 Å². The molecule has 0 atom stereocenters. The molecule has 0 aliphatic carbocycles. The molecule has 2 aromatic rings. The Morgan fingerprint density at radius 2 is 1.79 bits per heavy atom. The Morgan fingerprint density at radius 1 is 1.05 bits per heavy atom. The van der Waals surface area contributed by atoms with Crippen LogP contribution in [0.4, 0.5) is 0 Å². The molecule has 98 valence electrons. The zero-order valence-electron chi connectivity index (χ0n) is 10.8. The van der Waals surface area contributed by atoms with Gasteiger partial charge in [0.1, 0.15) is 5.75 Å². The molecule has 1 fully saturated rings. The lowest BCUT2D eigenvalue weighted by Gasteiger charge is -2.20. The maximum Gasteiger partial charge on any atom is 0.314 e. The van der Waals surface area contributed by atoms with E-state index in [4.69, 9.17) is 4.74 Å². The Labute approximate surface area is 112 Å². The molecule has 1 heterocycles. The largest absolute Gasteiger partial charge is 0.426 e. The van der Waals surface area contributed by atoms with Gasteiger partial charge in [-0.15, -0.1) is 0 Å². The normalized spacial score (nSPS) is 16.4. The average molecular weight is 255 g/mol. The van der Waals surface area contributed by atoms with E-state index >= 15 is 0 Å². The van der Waals surface area contributed by atoms with E-state index in [1.807, 2.05) is 42.5 Å². The molecule has 1 aliphatic rings. The smallest absolute Gasteiger partial charge is 0.314 e. The molecule has 1 N–H and O–H groups in total. The summed E-state index contributed by atoms with van der Waals surface area (Å²) in [5.74, 6) is 0.576. The van der Waals surface area contributed by atoms with Crippen LogP contribution in [0.15, 0.2) is 42.5 Å². The molecule has 3 nitrogen and oxygen atoms in total. The summed E-state index contributed by atoms with van der Waals surface area (Å²) in [6, 6.07) is 13.8. The highest BCUT2D eigenvalue weighted by Gasteiger charge is 2.22. The number of fused-ring (bicyclic) bond motifs is 1. The van der Waals surface area contributed by atoms with Gasteiger partial charge in [-0.05, 0) is 48.8 Å². The summed E-state index contributed by atoms with van der Waals surface area (Å²) < 4.78 is 5.50.